The standard InChI is InChI=1S/C27H19Br2ClN2O4S/c1-3-35-26(34)23-14(2)31-27-32(24(23)15-4-7-17(30)8-5-15)25(33)22(37-27)13-18-9-11-21(36-18)19-12-16(28)6-10-20(19)29/h4-13,24H,3H2,1-2H3/b22-13+/t24-/m1/s1. The van der Waals surface area contributed by atoms with E-state index in [1.165, 1.54) is 15.9 Å². The summed E-state index contributed by atoms with van der Waals surface area (Å²) in [5, 5.41) is 0.556. The second-order valence-corrected chi connectivity index (χ2v) is 11.4. The van der Waals surface area contributed by atoms with Crippen LogP contribution in [0.2, 0.25) is 5.02 Å². The summed E-state index contributed by atoms with van der Waals surface area (Å²) in [7, 11) is 0. The molecule has 0 bridgehead atoms. The number of ether oxygens (including phenoxy) is 1. The zero-order valence-corrected chi connectivity index (χ0v) is 24.4. The van der Waals surface area contributed by atoms with Gasteiger partial charge >= 0.3 is 5.97 Å². The molecular weight excluding hydrogens is 644 g/mol. The third-order valence-corrected chi connectivity index (χ3v) is 8.22. The van der Waals surface area contributed by atoms with Crippen molar-refractivity contribution in [2.24, 2.45) is 4.99 Å². The quantitative estimate of drug-likeness (QED) is 0.238. The molecule has 6 nitrogen and oxygen atoms in total. The molecule has 1 aliphatic rings. The second kappa shape index (κ2) is 10.6. The van der Waals surface area contributed by atoms with Crippen molar-refractivity contribution in [1.82, 2.24) is 4.57 Å². The highest BCUT2D eigenvalue weighted by atomic mass is 79.9. The van der Waals surface area contributed by atoms with Gasteiger partial charge in [0, 0.05) is 25.6 Å². The third kappa shape index (κ3) is 5.05. The normalized spacial score (nSPS) is 15.5. The van der Waals surface area contributed by atoms with Crippen LogP contribution in [0.25, 0.3) is 17.4 Å². The molecule has 3 heterocycles. The van der Waals surface area contributed by atoms with Gasteiger partial charge in [0.25, 0.3) is 5.56 Å². The molecule has 0 spiro atoms. The van der Waals surface area contributed by atoms with Crippen LogP contribution in [-0.2, 0) is 9.53 Å². The topological polar surface area (TPSA) is 73.8 Å². The highest BCUT2D eigenvalue weighted by Gasteiger charge is 2.33. The minimum absolute atomic E-state index is 0.211. The number of benzene rings is 2. The van der Waals surface area contributed by atoms with E-state index in [9.17, 15) is 9.59 Å². The monoisotopic (exact) mass is 660 g/mol. The Balaban J connectivity index is 1.64. The minimum atomic E-state index is -0.695. The van der Waals surface area contributed by atoms with E-state index in [1.54, 1.807) is 44.2 Å². The molecule has 2 aromatic carbocycles. The summed E-state index contributed by atoms with van der Waals surface area (Å²) in [5.41, 5.74) is 2.16. The first kappa shape index (κ1) is 25.9. The van der Waals surface area contributed by atoms with Gasteiger partial charge in [0.2, 0.25) is 0 Å². The minimum Gasteiger partial charge on any atom is -0.463 e. The summed E-state index contributed by atoms with van der Waals surface area (Å²) in [6, 6.07) is 15.9. The number of thiazole rings is 1. The lowest BCUT2D eigenvalue weighted by atomic mass is 9.96. The Morgan fingerprint density at radius 1 is 1.19 bits per heavy atom. The zero-order chi connectivity index (χ0) is 26.3. The van der Waals surface area contributed by atoms with Crippen LogP contribution >= 0.6 is 54.8 Å². The van der Waals surface area contributed by atoms with Crippen LogP contribution in [0.4, 0.5) is 0 Å². The third-order valence-electron chi connectivity index (χ3n) is 5.80. The van der Waals surface area contributed by atoms with E-state index in [0.717, 1.165) is 20.1 Å². The number of rotatable bonds is 5. The smallest absolute Gasteiger partial charge is 0.338 e. The number of carbonyl (C=O) groups excluding carboxylic acids is 1. The second-order valence-electron chi connectivity index (χ2n) is 8.18. The molecule has 1 aliphatic heterocycles. The number of allylic oxidation sites excluding steroid dienone is 1. The summed E-state index contributed by atoms with van der Waals surface area (Å²) >= 11 is 14.4. The fraction of sp³-hybridized carbons (Fsp3) is 0.148. The number of carbonyl (C=O) groups is 1. The number of esters is 1. The molecule has 0 saturated heterocycles. The Morgan fingerprint density at radius 3 is 2.68 bits per heavy atom. The summed E-state index contributed by atoms with van der Waals surface area (Å²) in [4.78, 5) is 31.7. The molecule has 10 heteroatoms. The number of fused-ring (bicyclic) bond motifs is 1. The molecular formula is C27H19Br2ClN2O4S. The van der Waals surface area contributed by atoms with Crippen LogP contribution in [0, 0.1) is 0 Å². The van der Waals surface area contributed by atoms with E-state index in [0.29, 0.717) is 37.1 Å². The van der Waals surface area contributed by atoms with Crippen molar-refractivity contribution in [3.05, 3.63) is 111 Å². The summed E-state index contributed by atoms with van der Waals surface area (Å²) in [6.45, 7) is 3.70. The lowest BCUT2D eigenvalue weighted by Crippen LogP contribution is -2.39. The molecule has 0 unspecified atom stereocenters. The maximum atomic E-state index is 13.7. The average molecular weight is 663 g/mol. The first-order chi connectivity index (χ1) is 17.8. The number of halogens is 3. The molecule has 188 valence electrons. The molecule has 0 N–H and O–H groups in total. The molecule has 0 amide bonds. The predicted octanol–water partition coefficient (Wildman–Crippen LogP) is 6.24. The van der Waals surface area contributed by atoms with Gasteiger partial charge in [-0.05, 0) is 61.9 Å². The van der Waals surface area contributed by atoms with Crippen LogP contribution in [0.5, 0.6) is 0 Å². The van der Waals surface area contributed by atoms with Crippen molar-refractivity contribution < 1.29 is 13.9 Å². The Kier molecular flexibility index (Phi) is 7.40. The fourth-order valence-corrected chi connectivity index (χ4v) is 6.10. The molecule has 4 aromatic rings. The number of nitrogens with zero attached hydrogens (tertiary/aromatic N) is 2. The van der Waals surface area contributed by atoms with E-state index in [1.807, 2.05) is 30.3 Å². The SMILES string of the molecule is CCOC(=O)C1=C(C)N=c2s/c(=C/c3ccc(-c4cc(Br)ccc4Br)o3)c(=O)n2[C@@H]1c1ccc(Cl)cc1. The Morgan fingerprint density at radius 2 is 1.95 bits per heavy atom. The largest absolute Gasteiger partial charge is 0.463 e. The lowest BCUT2D eigenvalue weighted by Gasteiger charge is -2.24. The lowest BCUT2D eigenvalue weighted by molar-refractivity contribution is -0.139. The number of hydrogen-bond acceptors (Lipinski definition) is 6. The van der Waals surface area contributed by atoms with Gasteiger partial charge in [-0.3, -0.25) is 9.36 Å². The average Bonchev–Trinajstić information content (AvgIpc) is 3.45. The molecule has 0 radical (unpaired) electrons. The molecule has 0 fully saturated rings. The maximum absolute atomic E-state index is 13.7. The fourth-order valence-electron chi connectivity index (χ4n) is 4.14. The van der Waals surface area contributed by atoms with Gasteiger partial charge in [0.05, 0.1) is 28.5 Å². The van der Waals surface area contributed by atoms with E-state index < -0.39 is 12.0 Å². The van der Waals surface area contributed by atoms with Crippen LogP contribution in [0.15, 0.2) is 89.0 Å². The number of aromatic nitrogens is 1. The van der Waals surface area contributed by atoms with Crippen LogP contribution < -0.4 is 14.9 Å². The van der Waals surface area contributed by atoms with Gasteiger partial charge in [0.15, 0.2) is 4.80 Å². The van der Waals surface area contributed by atoms with Crippen molar-refractivity contribution >= 4 is 66.8 Å². The molecule has 37 heavy (non-hydrogen) atoms. The van der Waals surface area contributed by atoms with Gasteiger partial charge in [-0.1, -0.05) is 66.9 Å². The Bertz CT molecular complexity index is 1730. The van der Waals surface area contributed by atoms with Crippen molar-refractivity contribution in [1.29, 1.82) is 0 Å². The first-order valence-electron chi connectivity index (χ1n) is 11.3. The van der Waals surface area contributed by atoms with Gasteiger partial charge in [-0.25, -0.2) is 9.79 Å². The maximum Gasteiger partial charge on any atom is 0.338 e. The predicted molar refractivity (Wildman–Crippen MR) is 151 cm³/mol. The van der Waals surface area contributed by atoms with E-state index in [-0.39, 0.29) is 12.2 Å². The summed E-state index contributed by atoms with van der Waals surface area (Å²) in [5.74, 6) is 0.677. The molecule has 5 rings (SSSR count). The van der Waals surface area contributed by atoms with Crippen LogP contribution in [0.1, 0.15) is 31.2 Å². The van der Waals surface area contributed by atoms with Crippen molar-refractivity contribution in [3.63, 3.8) is 0 Å². The summed E-state index contributed by atoms with van der Waals surface area (Å²) in [6.07, 6.45) is 1.70. The Hall–Kier alpha value is -2.72. The molecule has 0 aliphatic carbocycles. The van der Waals surface area contributed by atoms with Gasteiger partial charge in [-0.2, -0.15) is 0 Å². The van der Waals surface area contributed by atoms with Gasteiger partial charge in [0.1, 0.15) is 11.5 Å². The molecule has 0 saturated carbocycles. The highest BCUT2D eigenvalue weighted by molar-refractivity contribution is 9.11. The summed E-state index contributed by atoms with van der Waals surface area (Å²) < 4.78 is 15.2. The van der Waals surface area contributed by atoms with Gasteiger partial charge < -0.3 is 9.15 Å². The van der Waals surface area contributed by atoms with Gasteiger partial charge in [-0.15, -0.1) is 0 Å². The van der Waals surface area contributed by atoms with E-state index in [4.69, 9.17) is 20.8 Å². The highest BCUT2D eigenvalue weighted by Crippen LogP contribution is 2.33. The first-order valence-corrected chi connectivity index (χ1v) is 14.0. The molecule has 2 aromatic heterocycles. The van der Waals surface area contributed by atoms with Crippen molar-refractivity contribution in [2.75, 3.05) is 6.61 Å². The van der Waals surface area contributed by atoms with Crippen LogP contribution in [-0.4, -0.2) is 17.1 Å². The van der Waals surface area contributed by atoms with E-state index in [2.05, 4.69) is 36.9 Å². The van der Waals surface area contributed by atoms with Crippen LogP contribution in [0.3, 0.4) is 0 Å². The van der Waals surface area contributed by atoms with Crippen molar-refractivity contribution in [2.45, 2.75) is 19.9 Å². The Labute approximate surface area is 237 Å². The number of hydrogen-bond donors (Lipinski definition) is 0. The molecule has 1 atom stereocenters. The number of furan rings is 1. The van der Waals surface area contributed by atoms with Crippen molar-refractivity contribution in [3.8, 4) is 11.3 Å². The van der Waals surface area contributed by atoms with E-state index >= 15 is 0 Å². The zero-order valence-electron chi connectivity index (χ0n) is 19.6.